The lowest BCUT2D eigenvalue weighted by atomic mass is 9.83. The zero-order chi connectivity index (χ0) is 11.0. The Hall–Kier alpha value is -0.990. The third-order valence-electron chi connectivity index (χ3n) is 4.13. The van der Waals surface area contributed by atoms with Crippen molar-refractivity contribution in [2.45, 2.75) is 56.9 Å². The number of hydrogen-bond acceptors (Lipinski definition) is 2. The van der Waals surface area contributed by atoms with Crippen molar-refractivity contribution in [1.82, 2.24) is 9.78 Å². The van der Waals surface area contributed by atoms with E-state index in [1.165, 1.54) is 56.5 Å². The van der Waals surface area contributed by atoms with E-state index in [4.69, 9.17) is 0 Å². The Bertz CT molecular complexity index is 359. The largest absolute Gasteiger partial charge is 0.368 e. The smallest absolute Gasteiger partial charge is 0.124 e. The molecule has 2 aliphatic carbocycles. The molecule has 0 unspecified atom stereocenters. The molecule has 0 aromatic carbocycles. The molecule has 0 saturated heterocycles. The van der Waals surface area contributed by atoms with Crippen LogP contribution < -0.4 is 5.32 Å². The molecule has 2 fully saturated rings. The maximum atomic E-state index is 4.63. The monoisotopic (exact) mass is 219 g/mol. The Balaban J connectivity index is 1.70. The Labute approximate surface area is 97.2 Å². The highest BCUT2D eigenvalue weighted by molar-refractivity contribution is 5.39. The highest BCUT2D eigenvalue weighted by atomic mass is 15.3. The van der Waals surface area contributed by atoms with Gasteiger partial charge in [0.2, 0.25) is 0 Å². The Morgan fingerprint density at radius 3 is 2.56 bits per heavy atom. The molecule has 0 radical (unpaired) electrons. The number of aromatic nitrogens is 2. The summed E-state index contributed by atoms with van der Waals surface area (Å²) in [6, 6.07) is 2.95. The van der Waals surface area contributed by atoms with Crippen LogP contribution in [-0.4, -0.2) is 15.8 Å². The molecule has 16 heavy (non-hydrogen) atoms. The van der Waals surface area contributed by atoms with E-state index in [-0.39, 0.29) is 0 Å². The number of anilines is 1. The van der Waals surface area contributed by atoms with Gasteiger partial charge in [-0.25, -0.2) is 0 Å². The van der Waals surface area contributed by atoms with Gasteiger partial charge in [-0.1, -0.05) is 19.3 Å². The molecule has 3 rings (SSSR count). The maximum Gasteiger partial charge on any atom is 0.124 e. The molecular weight excluding hydrogens is 198 g/mol. The number of aryl methyl sites for hydroxylation is 1. The first-order valence-electron chi connectivity index (χ1n) is 6.63. The second-order valence-corrected chi connectivity index (χ2v) is 5.33. The molecule has 3 heteroatoms. The SMILES string of the molecule is Cn1nc(C2CCC2)cc1NC1CCCC1. The number of rotatable bonds is 3. The summed E-state index contributed by atoms with van der Waals surface area (Å²) in [5.74, 6) is 1.96. The van der Waals surface area contributed by atoms with E-state index in [1.54, 1.807) is 0 Å². The molecule has 1 aromatic heterocycles. The van der Waals surface area contributed by atoms with Crippen molar-refractivity contribution >= 4 is 5.82 Å². The summed E-state index contributed by atoms with van der Waals surface area (Å²) in [5.41, 5.74) is 1.30. The standard InChI is InChI=1S/C13H21N3/c1-16-13(14-11-7-2-3-8-11)9-12(15-16)10-5-4-6-10/h9-11,14H,2-8H2,1H3. The van der Waals surface area contributed by atoms with Crippen LogP contribution in [0.3, 0.4) is 0 Å². The van der Waals surface area contributed by atoms with E-state index in [0.29, 0.717) is 6.04 Å². The van der Waals surface area contributed by atoms with Crippen LogP contribution in [0.2, 0.25) is 0 Å². The van der Waals surface area contributed by atoms with Gasteiger partial charge in [0.05, 0.1) is 5.69 Å². The van der Waals surface area contributed by atoms with E-state index in [2.05, 4.69) is 23.5 Å². The van der Waals surface area contributed by atoms with Crippen molar-refractivity contribution in [3.05, 3.63) is 11.8 Å². The second-order valence-electron chi connectivity index (χ2n) is 5.33. The summed E-state index contributed by atoms with van der Waals surface area (Å²) in [4.78, 5) is 0. The predicted molar refractivity (Wildman–Crippen MR) is 65.7 cm³/mol. The topological polar surface area (TPSA) is 29.9 Å². The van der Waals surface area contributed by atoms with E-state index < -0.39 is 0 Å². The van der Waals surface area contributed by atoms with Crippen molar-refractivity contribution in [3.8, 4) is 0 Å². The van der Waals surface area contributed by atoms with Crippen molar-refractivity contribution in [1.29, 1.82) is 0 Å². The van der Waals surface area contributed by atoms with Gasteiger partial charge in [0, 0.05) is 25.1 Å². The lowest BCUT2D eigenvalue weighted by Gasteiger charge is -2.22. The molecule has 0 atom stereocenters. The van der Waals surface area contributed by atoms with Crippen LogP contribution in [0.1, 0.15) is 56.6 Å². The molecule has 0 bridgehead atoms. The highest BCUT2D eigenvalue weighted by Crippen LogP contribution is 2.36. The van der Waals surface area contributed by atoms with Crippen molar-refractivity contribution in [2.24, 2.45) is 7.05 Å². The van der Waals surface area contributed by atoms with Gasteiger partial charge in [-0.3, -0.25) is 4.68 Å². The van der Waals surface area contributed by atoms with Gasteiger partial charge >= 0.3 is 0 Å². The summed E-state index contributed by atoms with van der Waals surface area (Å²) < 4.78 is 2.02. The number of nitrogens with zero attached hydrogens (tertiary/aromatic N) is 2. The first-order valence-corrected chi connectivity index (χ1v) is 6.63. The van der Waals surface area contributed by atoms with E-state index in [1.807, 2.05) is 4.68 Å². The lowest BCUT2D eigenvalue weighted by molar-refractivity contribution is 0.408. The fourth-order valence-electron chi connectivity index (χ4n) is 2.81. The maximum absolute atomic E-state index is 4.63. The van der Waals surface area contributed by atoms with Crippen molar-refractivity contribution in [3.63, 3.8) is 0 Å². The van der Waals surface area contributed by atoms with Gasteiger partial charge < -0.3 is 5.32 Å². The zero-order valence-electron chi connectivity index (χ0n) is 10.1. The van der Waals surface area contributed by atoms with Gasteiger partial charge in [0.25, 0.3) is 0 Å². The van der Waals surface area contributed by atoms with E-state index >= 15 is 0 Å². The lowest BCUT2D eigenvalue weighted by Crippen LogP contribution is -2.16. The summed E-state index contributed by atoms with van der Waals surface area (Å²) in [5, 5.41) is 8.26. The molecule has 0 aliphatic heterocycles. The molecule has 2 aliphatic rings. The Morgan fingerprint density at radius 1 is 1.19 bits per heavy atom. The Morgan fingerprint density at radius 2 is 1.94 bits per heavy atom. The minimum Gasteiger partial charge on any atom is -0.368 e. The molecule has 1 heterocycles. The molecule has 0 amide bonds. The molecule has 0 spiro atoms. The van der Waals surface area contributed by atoms with Gasteiger partial charge in [-0.2, -0.15) is 5.10 Å². The van der Waals surface area contributed by atoms with Gasteiger partial charge in [-0.15, -0.1) is 0 Å². The normalized spacial score (nSPS) is 22.3. The summed E-state index contributed by atoms with van der Waals surface area (Å²) in [6.07, 6.45) is 9.45. The quantitative estimate of drug-likeness (QED) is 0.846. The minimum absolute atomic E-state index is 0.685. The molecule has 1 N–H and O–H groups in total. The second kappa shape index (κ2) is 4.11. The number of nitrogens with one attached hydrogen (secondary N) is 1. The average molecular weight is 219 g/mol. The fourth-order valence-corrected chi connectivity index (χ4v) is 2.81. The third kappa shape index (κ3) is 1.83. The fraction of sp³-hybridized carbons (Fsp3) is 0.769. The van der Waals surface area contributed by atoms with Crippen molar-refractivity contribution < 1.29 is 0 Å². The molecular formula is C13H21N3. The average Bonchev–Trinajstić information content (AvgIpc) is 2.76. The predicted octanol–water partition coefficient (Wildman–Crippen LogP) is 3.04. The van der Waals surface area contributed by atoms with E-state index in [9.17, 15) is 0 Å². The zero-order valence-corrected chi connectivity index (χ0v) is 10.1. The van der Waals surface area contributed by atoms with Crippen LogP contribution in [0.5, 0.6) is 0 Å². The van der Waals surface area contributed by atoms with Crippen LogP contribution in [0.4, 0.5) is 5.82 Å². The van der Waals surface area contributed by atoms with Crippen molar-refractivity contribution in [2.75, 3.05) is 5.32 Å². The van der Waals surface area contributed by atoms with Crippen LogP contribution in [-0.2, 0) is 7.05 Å². The molecule has 1 aromatic rings. The first-order chi connectivity index (χ1) is 7.83. The first kappa shape index (κ1) is 10.2. The summed E-state index contributed by atoms with van der Waals surface area (Å²) in [7, 11) is 2.06. The van der Waals surface area contributed by atoms with Gasteiger partial charge in [0.15, 0.2) is 0 Å². The van der Waals surface area contributed by atoms with Crippen LogP contribution in [0.25, 0.3) is 0 Å². The van der Waals surface area contributed by atoms with Crippen LogP contribution in [0, 0.1) is 0 Å². The number of hydrogen-bond donors (Lipinski definition) is 1. The summed E-state index contributed by atoms with van der Waals surface area (Å²) >= 11 is 0. The Kier molecular flexibility index (Phi) is 2.62. The van der Waals surface area contributed by atoms with Gasteiger partial charge in [0.1, 0.15) is 5.82 Å². The molecule has 2 saturated carbocycles. The minimum atomic E-state index is 0.685. The van der Waals surface area contributed by atoms with E-state index in [0.717, 1.165) is 5.92 Å². The molecule has 3 nitrogen and oxygen atoms in total. The molecule has 88 valence electrons. The summed E-state index contributed by atoms with van der Waals surface area (Å²) in [6.45, 7) is 0. The van der Waals surface area contributed by atoms with Gasteiger partial charge in [-0.05, 0) is 25.7 Å². The van der Waals surface area contributed by atoms with Crippen LogP contribution in [0.15, 0.2) is 6.07 Å². The highest BCUT2D eigenvalue weighted by Gasteiger charge is 2.23. The van der Waals surface area contributed by atoms with Crippen LogP contribution >= 0.6 is 0 Å². The third-order valence-corrected chi connectivity index (χ3v) is 4.13.